The Bertz CT molecular complexity index is 679. The second-order valence-electron chi connectivity index (χ2n) is 5.05. The maximum Gasteiger partial charge on any atom is 0.264 e. The van der Waals surface area contributed by atoms with Crippen molar-refractivity contribution in [2.45, 2.75) is 31.7 Å². The maximum absolute atomic E-state index is 12.9. The summed E-state index contributed by atoms with van der Waals surface area (Å²) in [6.45, 7) is 5.64. The lowest BCUT2D eigenvalue weighted by Gasteiger charge is -2.28. The molecule has 20 heavy (non-hydrogen) atoms. The van der Waals surface area contributed by atoms with E-state index in [2.05, 4.69) is 0 Å². The van der Waals surface area contributed by atoms with Gasteiger partial charge >= 0.3 is 0 Å². The van der Waals surface area contributed by atoms with Gasteiger partial charge in [0.25, 0.3) is 10.0 Å². The molecule has 0 aliphatic rings. The summed E-state index contributed by atoms with van der Waals surface area (Å²) in [5.41, 5.74) is 1.62. The van der Waals surface area contributed by atoms with E-state index < -0.39 is 10.0 Å². The molecule has 0 bridgehead atoms. The molecule has 0 aliphatic heterocycles. The fourth-order valence-corrected chi connectivity index (χ4v) is 3.95. The summed E-state index contributed by atoms with van der Waals surface area (Å²) in [5.74, 6) is 0. The average molecular weight is 289 g/mol. The van der Waals surface area contributed by atoms with Gasteiger partial charge in [0.15, 0.2) is 0 Å². The van der Waals surface area contributed by atoms with Gasteiger partial charge < -0.3 is 0 Å². The van der Waals surface area contributed by atoms with E-state index in [-0.39, 0.29) is 6.04 Å². The Morgan fingerprint density at radius 1 is 0.950 bits per heavy atom. The highest BCUT2D eigenvalue weighted by Gasteiger charge is 2.27. The van der Waals surface area contributed by atoms with E-state index in [9.17, 15) is 8.42 Å². The summed E-state index contributed by atoms with van der Waals surface area (Å²) >= 11 is 0. The molecule has 0 unspecified atom stereocenters. The zero-order chi connectivity index (χ0) is 14.8. The molecule has 0 heterocycles. The minimum absolute atomic E-state index is 0.150. The predicted octanol–water partition coefficient (Wildman–Crippen LogP) is 3.60. The summed E-state index contributed by atoms with van der Waals surface area (Å²) in [6.07, 6.45) is 0. The number of sulfonamides is 1. The highest BCUT2D eigenvalue weighted by molar-refractivity contribution is 7.92. The van der Waals surface area contributed by atoms with Crippen LogP contribution in [0.4, 0.5) is 5.69 Å². The van der Waals surface area contributed by atoms with E-state index in [1.165, 1.54) is 4.31 Å². The molecule has 0 aromatic heterocycles. The third-order valence-corrected chi connectivity index (χ3v) is 5.03. The predicted molar refractivity (Wildman–Crippen MR) is 82.4 cm³/mol. The van der Waals surface area contributed by atoms with Crippen LogP contribution in [0.3, 0.4) is 0 Å². The van der Waals surface area contributed by atoms with Crippen LogP contribution in [0, 0.1) is 6.92 Å². The molecule has 0 saturated heterocycles. The zero-order valence-electron chi connectivity index (χ0n) is 11.9. The van der Waals surface area contributed by atoms with Crippen LogP contribution >= 0.6 is 0 Å². The van der Waals surface area contributed by atoms with Crippen molar-refractivity contribution in [1.29, 1.82) is 0 Å². The number of anilines is 1. The molecular weight excluding hydrogens is 270 g/mol. The molecule has 3 nitrogen and oxygen atoms in total. The van der Waals surface area contributed by atoms with Crippen LogP contribution < -0.4 is 4.31 Å². The van der Waals surface area contributed by atoms with Crippen LogP contribution in [0.5, 0.6) is 0 Å². The van der Waals surface area contributed by atoms with Gasteiger partial charge in [-0.2, -0.15) is 0 Å². The first kappa shape index (κ1) is 14.6. The van der Waals surface area contributed by atoms with Gasteiger partial charge in [-0.05, 0) is 50.6 Å². The number of hydrogen-bond donors (Lipinski definition) is 0. The molecule has 4 heteroatoms. The van der Waals surface area contributed by atoms with E-state index in [4.69, 9.17) is 0 Å². The maximum atomic E-state index is 12.9. The van der Waals surface area contributed by atoms with Gasteiger partial charge in [-0.3, -0.25) is 4.31 Å². The van der Waals surface area contributed by atoms with Crippen molar-refractivity contribution in [3.63, 3.8) is 0 Å². The summed E-state index contributed by atoms with van der Waals surface area (Å²) in [6, 6.07) is 16.0. The third kappa shape index (κ3) is 2.85. The van der Waals surface area contributed by atoms with Crippen molar-refractivity contribution in [2.75, 3.05) is 4.31 Å². The number of nitrogens with zero attached hydrogens (tertiary/aromatic N) is 1. The van der Waals surface area contributed by atoms with Crippen LogP contribution in [0.25, 0.3) is 0 Å². The fourth-order valence-electron chi connectivity index (χ4n) is 2.18. The number of benzene rings is 2. The summed E-state index contributed by atoms with van der Waals surface area (Å²) in [5, 5.41) is 0. The zero-order valence-corrected chi connectivity index (χ0v) is 12.8. The molecule has 0 saturated carbocycles. The van der Waals surface area contributed by atoms with Crippen molar-refractivity contribution in [3.05, 3.63) is 60.2 Å². The lowest BCUT2D eigenvalue weighted by molar-refractivity contribution is 0.584. The van der Waals surface area contributed by atoms with Crippen molar-refractivity contribution >= 4 is 15.7 Å². The van der Waals surface area contributed by atoms with Crippen molar-refractivity contribution in [2.24, 2.45) is 0 Å². The molecular formula is C16H19NO2S. The first-order valence-corrected chi connectivity index (χ1v) is 8.03. The second-order valence-corrected chi connectivity index (χ2v) is 6.86. The van der Waals surface area contributed by atoms with Crippen LogP contribution in [-0.2, 0) is 10.0 Å². The third-order valence-electron chi connectivity index (χ3n) is 3.03. The van der Waals surface area contributed by atoms with Crippen molar-refractivity contribution in [3.8, 4) is 0 Å². The Labute approximate surface area is 120 Å². The van der Waals surface area contributed by atoms with Gasteiger partial charge in [0.2, 0.25) is 0 Å². The molecule has 106 valence electrons. The first-order valence-electron chi connectivity index (χ1n) is 6.59. The number of rotatable bonds is 4. The first-order chi connectivity index (χ1) is 9.43. The van der Waals surface area contributed by atoms with Crippen LogP contribution in [0.2, 0.25) is 0 Å². The van der Waals surface area contributed by atoms with Gasteiger partial charge in [-0.15, -0.1) is 0 Å². The van der Waals surface area contributed by atoms with E-state index in [0.29, 0.717) is 10.6 Å². The molecule has 0 aliphatic carbocycles. The van der Waals surface area contributed by atoms with Crippen molar-refractivity contribution < 1.29 is 8.42 Å². The Balaban J connectivity index is 2.54. The average Bonchev–Trinajstić information content (AvgIpc) is 2.39. The Morgan fingerprint density at radius 2 is 1.60 bits per heavy atom. The Hall–Kier alpha value is -1.81. The molecule has 2 rings (SSSR count). The molecule has 0 fully saturated rings. The van der Waals surface area contributed by atoms with Crippen LogP contribution in [-0.4, -0.2) is 14.5 Å². The lowest BCUT2D eigenvalue weighted by atomic mass is 10.2. The normalized spacial score (nSPS) is 11.6. The van der Waals surface area contributed by atoms with Gasteiger partial charge in [0.1, 0.15) is 0 Å². The minimum atomic E-state index is -3.54. The highest BCUT2D eigenvalue weighted by Crippen LogP contribution is 2.26. The van der Waals surface area contributed by atoms with Crippen LogP contribution in [0.1, 0.15) is 19.4 Å². The lowest BCUT2D eigenvalue weighted by Crippen LogP contribution is -2.37. The van der Waals surface area contributed by atoms with E-state index in [0.717, 1.165) is 5.56 Å². The smallest absolute Gasteiger partial charge is 0.264 e. The molecule has 0 amide bonds. The molecule has 0 spiro atoms. The van der Waals surface area contributed by atoms with Crippen LogP contribution in [0.15, 0.2) is 59.5 Å². The topological polar surface area (TPSA) is 37.4 Å². The van der Waals surface area contributed by atoms with E-state index in [1.54, 1.807) is 18.2 Å². The SMILES string of the molecule is Cc1cccc(S(=O)(=O)N(c2ccccc2)C(C)C)c1. The summed E-state index contributed by atoms with van der Waals surface area (Å²) in [4.78, 5) is 0.329. The van der Waals surface area contributed by atoms with Crippen molar-refractivity contribution in [1.82, 2.24) is 0 Å². The summed E-state index contributed by atoms with van der Waals surface area (Å²) in [7, 11) is -3.54. The number of aryl methyl sites for hydroxylation is 1. The molecule has 0 atom stereocenters. The monoisotopic (exact) mass is 289 g/mol. The van der Waals surface area contributed by atoms with Gasteiger partial charge in [-0.25, -0.2) is 8.42 Å². The van der Waals surface area contributed by atoms with E-state index >= 15 is 0 Å². The van der Waals surface area contributed by atoms with Gasteiger partial charge in [0, 0.05) is 6.04 Å². The Morgan fingerprint density at radius 3 is 2.15 bits per heavy atom. The van der Waals surface area contributed by atoms with E-state index in [1.807, 2.05) is 57.2 Å². The standard InChI is InChI=1S/C16H19NO2S/c1-13(2)17(15-9-5-4-6-10-15)20(18,19)16-11-7-8-14(3)12-16/h4-13H,1-3H3. The largest absolute Gasteiger partial charge is 0.264 e. The summed E-state index contributed by atoms with van der Waals surface area (Å²) < 4.78 is 27.2. The van der Waals surface area contributed by atoms with Gasteiger partial charge in [0.05, 0.1) is 10.6 Å². The second kappa shape index (κ2) is 5.67. The molecule has 2 aromatic rings. The highest BCUT2D eigenvalue weighted by atomic mass is 32.2. The number of para-hydroxylation sites is 1. The Kier molecular flexibility index (Phi) is 4.14. The molecule has 0 radical (unpaired) electrons. The van der Waals surface area contributed by atoms with Gasteiger partial charge in [-0.1, -0.05) is 30.3 Å². The number of hydrogen-bond acceptors (Lipinski definition) is 2. The minimum Gasteiger partial charge on any atom is -0.264 e. The fraction of sp³-hybridized carbons (Fsp3) is 0.250. The molecule has 2 aromatic carbocycles. The quantitative estimate of drug-likeness (QED) is 0.862. The molecule has 0 N–H and O–H groups in total.